The van der Waals surface area contributed by atoms with Crippen molar-refractivity contribution in [3.63, 3.8) is 0 Å². The second-order valence-electron chi connectivity index (χ2n) is 6.61. The van der Waals surface area contributed by atoms with E-state index in [2.05, 4.69) is 0 Å². The molecule has 0 saturated carbocycles. The van der Waals surface area contributed by atoms with Crippen molar-refractivity contribution < 1.29 is 19.1 Å². The van der Waals surface area contributed by atoms with Crippen molar-refractivity contribution in [3.8, 4) is 11.5 Å². The first-order chi connectivity index (χ1) is 12.1. The second-order valence-corrected chi connectivity index (χ2v) is 6.61. The van der Waals surface area contributed by atoms with Crippen LogP contribution < -0.4 is 9.47 Å². The number of fused-ring (bicyclic) bond motifs is 1. The van der Waals surface area contributed by atoms with Crippen LogP contribution >= 0.6 is 0 Å². The Hall–Kier alpha value is -2.24. The molecule has 0 bridgehead atoms. The normalized spacial score (nSPS) is 16.7. The number of nitrogens with zero attached hydrogens (tertiary/aromatic N) is 2. The lowest BCUT2D eigenvalue weighted by atomic mass is 10.0. The Morgan fingerprint density at radius 3 is 2.12 bits per heavy atom. The predicted octanol–water partition coefficient (Wildman–Crippen LogP) is 1.78. The maximum atomic E-state index is 12.6. The number of rotatable bonds is 4. The summed E-state index contributed by atoms with van der Waals surface area (Å²) in [6.07, 6.45) is 1.80. The highest BCUT2D eigenvalue weighted by atomic mass is 16.6. The van der Waals surface area contributed by atoms with Gasteiger partial charge in [-0.1, -0.05) is 6.92 Å². The van der Waals surface area contributed by atoms with Crippen molar-refractivity contribution in [1.29, 1.82) is 0 Å². The van der Waals surface area contributed by atoms with Crippen LogP contribution in [0.2, 0.25) is 0 Å². The Kier molecular flexibility index (Phi) is 5.46. The maximum absolute atomic E-state index is 12.6. The SMILES string of the molecule is CCCC(=O)N1CCN(C(=O)Cc2cc3c(cc2C)OCCO3)CC1. The highest BCUT2D eigenvalue weighted by Gasteiger charge is 2.24. The van der Waals surface area contributed by atoms with Gasteiger partial charge in [0.2, 0.25) is 11.8 Å². The number of hydrogen-bond acceptors (Lipinski definition) is 4. The predicted molar refractivity (Wildman–Crippen MR) is 93.9 cm³/mol. The van der Waals surface area contributed by atoms with Crippen LogP contribution in [0.3, 0.4) is 0 Å². The zero-order valence-corrected chi connectivity index (χ0v) is 15.0. The van der Waals surface area contributed by atoms with Gasteiger partial charge in [-0.15, -0.1) is 0 Å². The van der Waals surface area contributed by atoms with E-state index in [1.807, 2.05) is 35.8 Å². The first-order valence-electron chi connectivity index (χ1n) is 9.03. The molecule has 6 nitrogen and oxygen atoms in total. The maximum Gasteiger partial charge on any atom is 0.227 e. The lowest BCUT2D eigenvalue weighted by Crippen LogP contribution is -2.50. The van der Waals surface area contributed by atoms with Crippen molar-refractivity contribution in [2.75, 3.05) is 39.4 Å². The van der Waals surface area contributed by atoms with E-state index in [1.165, 1.54) is 0 Å². The summed E-state index contributed by atoms with van der Waals surface area (Å²) < 4.78 is 11.2. The number of aryl methyl sites for hydroxylation is 1. The zero-order chi connectivity index (χ0) is 17.8. The monoisotopic (exact) mass is 346 g/mol. The molecule has 2 heterocycles. The minimum Gasteiger partial charge on any atom is -0.486 e. The van der Waals surface area contributed by atoms with E-state index in [9.17, 15) is 9.59 Å². The lowest BCUT2D eigenvalue weighted by molar-refractivity contribution is -0.139. The smallest absolute Gasteiger partial charge is 0.227 e. The third-order valence-electron chi connectivity index (χ3n) is 4.79. The largest absolute Gasteiger partial charge is 0.486 e. The average molecular weight is 346 g/mol. The summed E-state index contributed by atoms with van der Waals surface area (Å²) in [6.45, 7) is 7.57. The Morgan fingerprint density at radius 1 is 0.960 bits per heavy atom. The van der Waals surface area contributed by atoms with Crippen molar-refractivity contribution >= 4 is 11.8 Å². The third kappa shape index (κ3) is 4.06. The number of amides is 2. The highest BCUT2D eigenvalue weighted by Crippen LogP contribution is 2.33. The van der Waals surface area contributed by atoms with Crippen molar-refractivity contribution in [2.24, 2.45) is 0 Å². The first kappa shape index (κ1) is 17.6. The van der Waals surface area contributed by atoms with Crippen LogP contribution in [-0.4, -0.2) is 61.0 Å². The molecule has 0 spiro atoms. The van der Waals surface area contributed by atoms with Gasteiger partial charge >= 0.3 is 0 Å². The summed E-state index contributed by atoms with van der Waals surface area (Å²) in [7, 11) is 0. The lowest BCUT2D eigenvalue weighted by Gasteiger charge is -2.35. The molecule has 136 valence electrons. The van der Waals surface area contributed by atoms with Gasteiger partial charge in [0.1, 0.15) is 13.2 Å². The van der Waals surface area contributed by atoms with Gasteiger partial charge in [0.15, 0.2) is 11.5 Å². The molecular weight excluding hydrogens is 320 g/mol. The molecule has 2 aliphatic heterocycles. The molecule has 0 unspecified atom stereocenters. The van der Waals surface area contributed by atoms with Crippen LogP contribution in [-0.2, 0) is 16.0 Å². The Balaban J connectivity index is 1.59. The molecule has 1 fully saturated rings. The summed E-state index contributed by atoms with van der Waals surface area (Å²) in [5.41, 5.74) is 2.01. The van der Waals surface area contributed by atoms with Gasteiger partial charge in [-0.25, -0.2) is 0 Å². The van der Waals surface area contributed by atoms with Crippen LogP contribution in [0, 0.1) is 6.92 Å². The minimum absolute atomic E-state index is 0.0994. The average Bonchev–Trinajstić information content (AvgIpc) is 2.62. The topological polar surface area (TPSA) is 59.1 Å². The van der Waals surface area contributed by atoms with Crippen LogP contribution in [0.4, 0.5) is 0 Å². The number of carbonyl (C=O) groups is 2. The fourth-order valence-corrected chi connectivity index (χ4v) is 3.27. The van der Waals surface area contributed by atoms with Gasteiger partial charge in [0.05, 0.1) is 6.42 Å². The molecule has 0 N–H and O–H groups in total. The number of carbonyl (C=O) groups excluding carboxylic acids is 2. The number of piperazine rings is 1. The van der Waals surface area contributed by atoms with E-state index in [-0.39, 0.29) is 11.8 Å². The van der Waals surface area contributed by atoms with E-state index in [0.29, 0.717) is 52.2 Å². The fourth-order valence-electron chi connectivity index (χ4n) is 3.27. The van der Waals surface area contributed by atoms with Gasteiger partial charge in [-0.05, 0) is 36.6 Å². The number of hydrogen-bond donors (Lipinski definition) is 0. The van der Waals surface area contributed by atoms with Crippen LogP contribution in [0.25, 0.3) is 0 Å². The van der Waals surface area contributed by atoms with Crippen LogP contribution in [0.15, 0.2) is 12.1 Å². The molecule has 1 aromatic carbocycles. The second kappa shape index (κ2) is 7.76. The first-order valence-corrected chi connectivity index (χ1v) is 9.03. The van der Waals surface area contributed by atoms with Gasteiger partial charge < -0.3 is 19.3 Å². The van der Waals surface area contributed by atoms with Gasteiger partial charge in [0.25, 0.3) is 0 Å². The van der Waals surface area contributed by atoms with Gasteiger partial charge in [0, 0.05) is 32.6 Å². The van der Waals surface area contributed by atoms with E-state index >= 15 is 0 Å². The molecule has 25 heavy (non-hydrogen) atoms. The summed E-state index contributed by atoms with van der Waals surface area (Å²) in [6, 6.07) is 3.86. The zero-order valence-electron chi connectivity index (χ0n) is 15.0. The van der Waals surface area contributed by atoms with E-state index < -0.39 is 0 Å². The fraction of sp³-hybridized carbons (Fsp3) is 0.579. The standard InChI is InChI=1S/C19H26N2O4/c1-3-4-18(22)20-5-7-21(8-6-20)19(23)13-15-12-17-16(11-14(15)2)24-9-10-25-17/h11-12H,3-10,13H2,1-2H3. The Labute approximate surface area is 148 Å². The molecular formula is C19H26N2O4. The molecule has 0 atom stereocenters. The summed E-state index contributed by atoms with van der Waals surface area (Å²) >= 11 is 0. The minimum atomic E-state index is 0.0994. The van der Waals surface area contributed by atoms with Crippen molar-refractivity contribution in [1.82, 2.24) is 9.80 Å². The van der Waals surface area contributed by atoms with Gasteiger partial charge in [-0.3, -0.25) is 9.59 Å². The van der Waals surface area contributed by atoms with Crippen LogP contribution in [0.5, 0.6) is 11.5 Å². The van der Waals surface area contributed by atoms with E-state index in [0.717, 1.165) is 29.0 Å². The molecule has 1 saturated heterocycles. The molecule has 6 heteroatoms. The highest BCUT2D eigenvalue weighted by molar-refractivity contribution is 5.80. The Bertz CT molecular complexity index is 651. The molecule has 2 aliphatic rings. The van der Waals surface area contributed by atoms with Crippen molar-refractivity contribution in [3.05, 3.63) is 23.3 Å². The number of ether oxygens (including phenoxy) is 2. The van der Waals surface area contributed by atoms with Crippen molar-refractivity contribution in [2.45, 2.75) is 33.1 Å². The number of benzene rings is 1. The Morgan fingerprint density at radius 2 is 1.52 bits per heavy atom. The summed E-state index contributed by atoms with van der Waals surface area (Å²) in [4.78, 5) is 28.3. The molecule has 1 aromatic rings. The third-order valence-corrected chi connectivity index (χ3v) is 4.79. The quantitative estimate of drug-likeness (QED) is 0.834. The summed E-state index contributed by atoms with van der Waals surface area (Å²) in [5, 5.41) is 0. The molecule has 0 aromatic heterocycles. The van der Waals surface area contributed by atoms with Crippen LogP contribution in [0.1, 0.15) is 30.9 Å². The molecule has 0 aliphatic carbocycles. The molecule has 0 radical (unpaired) electrons. The van der Waals surface area contributed by atoms with Gasteiger partial charge in [-0.2, -0.15) is 0 Å². The molecule has 2 amide bonds. The van der Waals surface area contributed by atoms with E-state index in [4.69, 9.17) is 9.47 Å². The summed E-state index contributed by atoms with van der Waals surface area (Å²) in [5.74, 6) is 1.76. The van der Waals surface area contributed by atoms with E-state index in [1.54, 1.807) is 0 Å². The molecule has 3 rings (SSSR count).